The van der Waals surface area contributed by atoms with E-state index in [4.69, 9.17) is 8.94 Å². The molecular weight excluding hydrogens is 220 g/mol. The van der Waals surface area contributed by atoms with E-state index in [0.717, 1.165) is 0 Å². The van der Waals surface area contributed by atoms with E-state index in [1.54, 1.807) is 12.1 Å². The van der Waals surface area contributed by atoms with Crippen LogP contribution in [0.3, 0.4) is 0 Å². The van der Waals surface area contributed by atoms with Crippen molar-refractivity contribution < 1.29 is 13.7 Å². The van der Waals surface area contributed by atoms with Crippen molar-refractivity contribution in [2.75, 3.05) is 0 Å². The molecule has 0 saturated carbocycles. The molecular formula is C12H14N2O3. The average Bonchev–Trinajstić information content (AvgIpc) is 2.83. The minimum Gasteiger partial charge on any atom is -0.461 e. The van der Waals surface area contributed by atoms with E-state index < -0.39 is 5.41 Å². The SMILES string of the molecule is CC(C)(C)C(=O)Cc1nc(-c2ccco2)no1. The zero-order valence-electron chi connectivity index (χ0n) is 10.1. The standard InChI is InChI=1S/C12H14N2O3/c1-12(2,3)9(15)7-10-13-11(14-17-10)8-5-4-6-16-8/h4-6H,7H2,1-3H3. The largest absolute Gasteiger partial charge is 0.461 e. The predicted molar refractivity (Wildman–Crippen MR) is 60.2 cm³/mol. The van der Waals surface area contributed by atoms with Crippen molar-refractivity contribution in [1.82, 2.24) is 10.1 Å². The fraction of sp³-hybridized carbons (Fsp3) is 0.417. The molecule has 90 valence electrons. The molecule has 2 heterocycles. The van der Waals surface area contributed by atoms with Crippen LogP contribution in [0.2, 0.25) is 0 Å². The van der Waals surface area contributed by atoms with E-state index in [9.17, 15) is 4.79 Å². The first-order valence-corrected chi connectivity index (χ1v) is 5.36. The van der Waals surface area contributed by atoms with Gasteiger partial charge in [0.05, 0.1) is 12.7 Å². The highest BCUT2D eigenvalue weighted by molar-refractivity contribution is 5.85. The van der Waals surface area contributed by atoms with Gasteiger partial charge in [-0.05, 0) is 12.1 Å². The van der Waals surface area contributed by atoms with Crippen LogP contribution in [-0.4, -0.2) is 15.9 Å². The minimum absolute atomic E-state index is 0.0622. The molecule has 2 aromatic heterocycles. The van der Waals surface area contributed by atoms with Gasteiger partial charge in [0.25, 0.3) is 0 Å². The predicted octanol–water partition coefficient (Wildman–Crippen LogP) is 2.49. The van der Waals surface area contributed by atoms with Gasteiger partial charge in [-0.3, -0.25) is 4.79 Å². The Morgan fingerprint density at radius 3 is 2.76 bits per heavy atom. The van der Waals surface area contributed by atoms with Crippen molar-refractivity contribution in [3.05, 3.63) is 24.3 Å². The third-order valence-corrected chi connectivity index (χ3v) is 2.36. The maximum absolute atomic E-state index is 11.8. The third kappa shape index (κ3) is 2.61. The maximum Gasteiger partial charge on any atom is 0.238 e. The van der Waals surface area contributed by atoms with Gasteiger partial charge < -0.3 is 8.94 Å². The number of furan rings is 1. The Labute approximate surface area is 98.8 Å². The number of Topliss-reactive ketones (excluding diaryl/α,β-unsaturated/α-hetero) is 1. The molecule has 5 heteroatoms. The Hall–Kier alpha value is -1.91. The summed E-state index contributed by atoms with van der Waals surface area (Å²) in [4.78, 5) is 15.9. The number of hydrogen-bond acceptors (Lipinski definition) is 5. The van der Waals surface area contributed by atoms with E-state index >= 15 is 0 Å². The third-order valence-electron chi connectivity index (χ3n) is 2.36. The Morgan fingerprint density at radius 1 is 1.41 bits per heavy atom. The molecule has 0 radical (unpaired) electrons. The fourth-order valence-electron chi connectivity index (χ4n) is 1.24. The van der Waals surface area contributed by atoms with E-state index in [-0.39, 0.29) is 12.2 Å². The summed E-state index contributed by atoms with van der Waals surface area (Å²) in [7, 11) is 0. The van der Waals surface area contributed by atoms with Crippen LogP contribution in [0.1, 0.15) is 26.7 Å². The Morgan fingerprint density at radius 2 is 2.18 bits per heavy atom. The first-order chi connectivity index (χ1) is 7.97. The van der Waals surface area contributed by atoms with Crippen LogP contribution in [0.4, 0.5) is 0 Å². The molecule has 2 rings (SSSR count). The fourth-order valence-corrected chi connectivity index (χ4v) is 1.24. The first-order valence-electron chi connectivity index (χ1n) is 5.36. The topological polar surface area (TPSA) is 69.1 Å². The summed E-state index contributed by atoms with van der Waals surface area (Å²) >= 11 is 0. The van der Waals surface area contributed by atoms with E-state index in [1.807, 2.05) is 20.8 Å². The van der Waals surface area contributed by atoms with E-state index in [2.05, 4.69) is 10.1 Å². The smallest absolute Gasteiger partial charge is 0.238 e. The lowest BCUT2D eigenvalue weighted by Gasteiger charge is -2.14. The van der Waals surface area contributed by atoms with Crippen molar-refractivity contribution in [2.45, 2.75) is 27.2 Å². The summed E-state index contributed by atoms with van der Waals surface area (Å²) in [5.41, 5.74) is -0.403. The minimum atomic E-state index is -0.403. The quantitative estimate of drug-likeness (QED) is 0.816. The summed E-state index contributed by atoms with van der Waals surface area (Å²) in [5.74, 6) is 1.28. The summed E-state index contributed by atoms with van der Waals surface area (Å²) < 4.78 is 10.1. The lowest BCUT2D eigenvalue weighted by Crippen LogP contribution is -2.22. The number of hydrogen-bond donors (Lipinski definition) is 0. The normalized spacial score (nSPS) is 11.7. The van der Waals surface area contributed by atoms with Crippen LogP contribution in [-0.2, 0) is 11.2 Å². The molecule has 0 atom stereocenters. The van der Waals surface area contributed by atoms with Crippen LogP contribution in [0.5, 0.6) is 0 Å². The highest BCUT2D eigenvalue weighted by Crippen LogP contribution is 2.19. The number of carbonyl (C=O) groups excluding carboxylic acids is 1. The molecule has 0 unspecified atom stereocenters. The molecule has 0 N–H and O–H groups in total. The molecule has 2 aromatic rings. The second kappa shape index (κ2) is 4.16. The van der Waals surface area contributed by atoms with Gasteiger partial charge in [0.15, 0.2) is 5.76 Å². The zero-order chi connectivity index (χ0) is 12.5. The van der Waals surface area contributed by atoms with Crippen molar-refractivity contribution in [1.29, 1.82) is 0 Å². The molecule has 0 amide bonds. The van der Waals surface area contributed by atoms with E-state index in [1.165, 1.54) is 6.26 Å². The lowest BCUT2D eigenvalue weighted by molar-refractivity contribution is -0.125. The number of carbonyl (C=O) groups is 1. The Bertz CT molecular complexity index is 506. The average molecular weight is 234 g/mol. The monoisotopic (exact) mass is 234 g/mol. The molecule has 0 aliphatic heterocycles. The number of aromatic nitrogens is 2. The molecule has 0 spiro atoms. The first kappa shape index (κ1) is 11.6. The Balaban J connectivity index is 2.12. The van der Waals surface area contributed by atoms with Crippen LogP contribution in [0, 0.1) is 5.41 Å². The van der Waals surface area contributed by atoms with Crippen LogP contribution >= 0.6 is 0 Å². The van der Waals surface area contributed by atoms with Crippen molar-refractivity contribution in [3.63, 3.8) is 0 Å². The highest BCUT2D eigenvalue weighted by atomic mass is 16.5. The summed E-state index contributed by atoms with van der Waals surface area (Å²) in [6.07, 6.45) is 1.68. The molecule has 17 heavy (non-hydrogen) atoms. The molecule has 0 aliphatic carbocycles. The summed E-state index contributed by atoms with van der Waals surface area (Å²) in [6, 6.07) is 3.48. The van der Waals surface area contributed by atoms with Gasteiger partial charge in [-0.1, -0.05) is 25.9 Å². The highest BCUT2D eigenvalue weighted by Gasteiger charge is 2.24. The van der Waals surface area contributed by atoms with Gasteiger partial charge >= 0.3 is 0 Å². The summed E-state index contributed by atoms with van der Waals surface area (Å²) in [6.45, 7) is 5.58. The van der Waals surface area contributed by atoms with Gasteiger partial charge in [0.1, 0.15) is 5.78 Å². The molecule has 0 fully saturated rings. The van der Waals surface area contributed by atoms with Gasteiger partial charge in [-0.15, -0.1) is 0 Å². The molecule has 0 bridgehead atoms. The molecule has 0 saturated heterocycles. The maximum atomic E-state index is 11.8. The van der Waals surface area contributed by atoms with Crippen molar-refractivity contribution in [2.24, 2.45) is 5.41 Å². The number of nitrogens with zero attached hydrogens (tertiary/aromatic N) is 2. The zero-order valence-corrected chi connectivity index (χ0v) is 10.1. The molecule has 0 aliphatic rings. The number of ketones is 1. The van der Waals surface area contributed by atoms with Crippen LogP contribution < -0.4 is 0 Å². The van der Waals surface area contributed by atoms with Gasteiger partial charge in [-0.2, -0.15) is 4.98 Å². The molecule has 5 nitrogen and oxygen atoms in total. The van der Waals surface area contributed by atoms with Crippen molar-refractivity contribution in [3.8, 4) is 11.6 Å². The second-order valence-electron chi connectivity index (χ2n) is 4.84. The van der Waals surface area contributed by atoms with Crippen LogP contribution in [0.15, 0.2) is 27.3 Å². The van der Waals surface area contributed by atoms with Crippen molar-refractivity contribution >= 4 is 5.78 Å². The van der Waals surface area contributed by atoms with Gasteiger partial charge in [0.2, 0.25) is 11.7 Å². The van der Waals surface area contributed by atoms with E-state index in [0.29, 0.717) is 17.5 Å². The summed E-state index contributed by atoms with van der Waals surface area (Å²) in [5, 5.41) is 3.76. The Kier molecular flexibility index (Phi) is 2.83. The second-order valence-corrected chi connectivity index (χ2v) is 4.84. The van der Waals surface area contributed by atoms with Gasteiger partial charge in [0, 0.05) is 5.41 Å². The van der Waals surface area contributed by atoms with Gasteiger partial charge in [-0.25, -0.2) is 0 Å². The number of rotatable bonds is 3. The molecule has 0 aromatic carbocycles. The van der Waals surface area contributed by atoms with Crippen LogP contribution in [0.25, 0.3) is 11.6 Å². The lowest BCUT2D eigenvalue weighted by atomic mass is 9.89.